The minimum Gasteiger partial charge on any atom is -0.378 e. The van der Waals surface area contributed by atoms with Crippen molar-refractivity contribution >= 4 is 5.69 Å². The largest absolute Gasteiger partial charge is 0.378 e. The van der Waals surface area contributed by atoms with Crippen molar-refractivity contribution in [3.8, 4) is 33.6 Å². The number of halogens is 1. The molecule has 0 aliphatic rings. The van der Waals surface area contributed by atoms with Gasteiger partial charge in [0.25, 0.3) is 0 Å². The Kier molecular flexibility index (Phi) is 7.81. The molecule has 170 valence electrons. The molecule has 0 aliphatic carbocycles. The molecular formula is C26H25ClN2O4. The monoisotopic (exact) mass is 464 g/mol. The van der Waals surface area contributed by atoms with Crippen LogP contribution in [-0.2, 0) is 7.05 Å². The molecular weight excluding hydrogens is 440 g/mol. The van der Waals surface area contributed by atoms with E-state index in [9.17, 15) is 0 Å². The molecule has 1 aromatic heterocycles. The summed E-state index contributed by atoms with van der Waals surface area (Å²) >= 11 is 0. The number of benzene rings is 3. The fourth-order valence-electron chi connectivity index (χ4n) is 3.55. The van der Waals surface area contributed by atoms with Gasteiger partial charge < -0.3 is 4.90 Å². The molecule has 0 N–H and O–H groups in total. The predicted octanol–water partition coefficient (Wildman–Crippen LogP) is 0.822. The second-order valence-electron chi connectivity index (χ2n) is 7.62. The number of nitrogens with zero attached hydrogens (tertiary/aromatic N) is 2. The van der Waals surface area contributed by atoms with E-state index in [0.29, 0.717) is 0 Å². The van der Waals surface area contributed by atoms with Gasteiger partial charge in [0.05, 0.1) is 0 Å². The first kappa shape index (κ1) is 24.4. The summed E-state index contributed by atoms with van der Waals surface area (Å²) in [5, 5.41) is 0. The Bertz CT molecular complexity index is 1110. The summed E-state index contributed by atoms with van der Waals surface area (Å²) in [6, 6.07) is 34.5. The number of anilines is 1. The van der Waals surface area contributed by atoms with Gasteiger partial charge in [0.2, 0.25) is 11.4 Å². The van der Waals surface area contributed by atoms with Crippen LogP contribution in [0.2, 0.25) is 0 Å². The summed E-state index contributed by atoms with van der Waals surface area (Å²) < 4.78 is 36.3. The van der Waals surface area contributed by atoms with Crippen molar-refractivity contribution < 1.29 is 33.4 Å². The van der Waals surface area contributed by atoms with Gasteiger partial charge in [0.15, 0.2) is 0 Å². The SMILES string of the molecule is CN(C)c1ccc(-c2cc(-c3ccccc3)[n+](C)c(-c3ccccc3)c2)cc1.[O-][Cl+3]([O-])([O-])[O-]. The summed E-state index contributed by atoms with van der Waals surface area (Å²) in [5.41, 5.74) is 8.49. The van der Waals surface area contributed by atoms with Gasteiger partial charge in [0, 0.05) is 43.0 Å². The maximum Gasteiger partial charge on any atom is 0.213 e. The summed E-state index contributed by atoms with van der Waals surface area (Å²) in [6.45, 7) is 0. The smallest absolute Gasteiger partial charge is 0.213 e. The average Bonchev–Trinajstić information content (AvgIpc) is 2.79. The van der Waals surface area contributed by atoms with Crippen LogP contribution in [0.4, 0.5) is 5.69 Å². The first-order valence-electron chi connectivity index (χ1n) is 10.2. The first-order valence-corrected chi connectivity index (χ1v) is 11.4. The summed E-state index contributed by atoms with van der Waals surface area (Å²) in [6.07, 6.45) is 0. The molecule has 4 aromatic rings. The Hall–Kier alpha value is -3.26. The van der Waals surface area contributed by atoms with Gasteiger partial charge in [-0.15, -0.1) is 10.2 Å². The molecule has 0 aliphatic heterocycles. The van der Waals surface area contributed by atoms with Crippen LogP contribution in [0, 0.1) is 10.2 Å². The zero-order chi connectivity index (χ0) is 24.0. The highest BCUT2D eigenvalue weighted by Gasteiger charge is 2.19. The Labute approximate surface area is 196 Å². The lowest BCUT2D eigenvalue weighted by molar-refractivity contribution is -2.00. The lowest BCUT2D eigenvalue weighted by Gasteiger charge is -2.17. The zero-order valence-electron chi connectivity index (χ0n) is 18.6. The van der Waals surface area contributed by atoms with E-state index in [-0.39, 0.29) is 0 Å². The molecule has 0 atom stereocenters. The van der Waals surface area contributed by atoms with Crippen molar-refractivity contribution in [3.63, 3.8) is 0 Å². The molecule has 0 amide bonds. The van der Waals surface area contributed by atoms with E-state index in [4.69, 9.17) is 18.6 Å². The normalized spacial score (nSPS) is 10.9. The van der Waals surface area contributed by atoms with Gasteiger partial charge in [0.1, 0.15) is 7.05 Å². The molecule has 4 rings (SSSR count). The predicted molar refractivity (Wildman–Crippen MR) is 118 cm³/mol. The number of hydrogen-bond donors (Lipinski definition) is 0. The van der Waals surface area contributed by atoms with E-state index in [1.54, 1.807) is 0 Å². The average molecular weight is 465 g/mol. The third-order valence-corrected chi connectivity index (χ3v) is 5.16. The molecule has 33 heavy (non-hydrogen) atoms. The molecule has 0 unspecified atom stereocenters. The maximum atomic E-state index is 8.49. The van der Waals surface area contributed by atoms with Gasteiger partial charge in [-0.25, -0.2) is 18.6 Å². The molecule has 3 aromatic carbocycles. The van der Waals surface area contributed by atoms with Gasteiger partial charge in [-0.3, -0.25) is 0 Å². The lowest BCUT2D eigenvalue weighted by atomic mass is 9.99. The molecule has 0 saturated heterocycles. The second-order valence-corrected chi connectivity index (χ2v) is 8.38. The van der Waals surface area contributed by atoms with Gasteiger partial charge in [-0.2, -0.15) is 4.57 Å². The summed E-state index contributed by atoms with van der Waals surface area (Å²) in [4.78, 5) is 2.12. The van der Waals surface area contributed by atoms with Gasteiger partial charge in [-0.1, -0.05) is 48.5 Å². The Balaban J connectivity index is 0.000000555. The van der Waals surface area contributed by atoms with Crippen LogP contribution in [0.15, 0.2) is 97.1 Å². The number of rotatable bonds is 4. The molecule has 0 saturated carbocycles. The van der Waals surface area contributed by atoms with E-state index in [1.165, 1.54) is 39.3 Å². The maximum absolute atomic E-state index is 8.49. The molecule has 7 heteroatoms. The van der Waals surface area contributed by atoms with Crippen molar-refractivity contribution in [1.82, 2.24) is 0 Å². The van der Waals surface area contributed by atoms with E-state index in [2.05, 4.69) is 128 Å². The van der Waals surface area contributed by atoms with Crippen LogP contribution in [0.25, 0.3) is 33.6 Å². The first-order chi connectivity index (χ1) is 15.6. The summed E-state index contributed by atoms with van der Waals surface area (Å²) in [7, 11) is 1.33. The van der Waals surface area contributed by atoms with Crippen molar-refractivity contribution in [3.05, 3.63) is 97.1 Å². The van der Waals surface area contributed by atoms with Crippen LogP contribution < -0.4 is 28.1 Å². The van der Waals surface area contributed by atoms with Crippen molar-refractivity contribution in [2.75, 3.05) is 19.0 Å². The van der Waals surface area contributed by atoms with Crippen LogP contribution in [0.3, 0.4) is 0 Å². The van der Waals surface area contributed by atoms with Crippen molar-refractivity contribution in [1.29, 1.82) is 0 Å². The molecule has 1 heterocycles. The Morgan fingerprint density at radius 1 is 0.576 bits per heavy atom. The molecule has 6 nitrogen and oxygen atoms in total. The minimum absolute atomic E-state index is 1.20. The second kappa shape index (κ2) is 10.6. The molecule has 0 fully saturated rings. The molecule has 0 bridgehead atoms. The fraction of sp³-hybridized carbons (Fsp3) is 0.115. The summed E-state index contributed by atoms with van der Waals surface area (Å²) in [5.74, 6) is 0. The lowest BCUT2D eigenvalue weighted by Crippen LogP contribution is -2.68. The van der Waals surface area contributed by atoms with Crippen molar-refractivity contribution in [2.24, 2.45) is 7.05 Å². The number of pyridine rings is 1. The minimum atomic E-state index is -4.94. The van der Waals surface area contributed by atoms with Crippen molar-refractivity contribution in [2.45, 2.75) is 0 Å². The quantitative estimate of drug-likeness (QED) is 0.416. The van der Waals surface area contributed by atoms with Gasteiger partial charge in [-0.05, 0) is 47.5 Å². The third kappa shape index (κ3) is 6.86. The van der Waals surface area contributed by atoms with Crippen LogP contribution in [-0.4, -0.2) is 14.1 Å². The van der Waals surface area contributed by atoms with E-state index in [0.717, 1.165) is 0 Å². The number of hydrogen-bond acceptors (Lipinski definition) is 5. The highest BCUT2D eigenvalue weighted by molar-refractivity contribution is 5.74. The van der Waals surface area contributed by atoms with Crippen LogP contribution >= 0.6 is 0 Å². The standard InChI is InChI=1S/C26H25N2.ClHO4/c1-27(2)24-16-14-20(15-17-24)23-18-25(21-10-6-4-7-11-21)28(3)26(19-23)22-12-8-5-9-13-22;2-1(3,4)5/h4-19H,1-3H3;(H,2,3,4,5)/q+1;/p-1. The van der Waals surface area contributed by atoms with Gasteiger partial charge >= 0.3 is 0 Å². The highest BCUT2D eigenvalue weighted by Crippen LogP contribution is 2.29. The highest BCUT2D eigenvalue weighted by atomic mass is 35.7. The van der Waals surface area contributed by atoms with E-state index in [1.807, 2.05) is 0 Å². The third-order valence-electron chi connectivity index (χ3n) is 5.16. The fourth-order valence-corrected chi connectivity index (χ4v) is 3.55. The molecule has 0 radical (unpaired) electrons. The van der Waals surface area contributed by atoms with Crippen LogP contribution in [0.5, 0.6) is 0 Å². The Morgan fingerprint density at radius 2 is 0.970 bits per heavy atom. The van der Waals surface area contributed by atoms with Crippen LogP contribution in [0.1, 0.15) is 0 Å². The topological polar surface area (TPSA) is 99.4 Å². The van der Waals surface area contributed by atoms with E-state index >= 15 is 0 Å². The zero-order valence-corrected chi connectivity index (χ0v) is 19.4. The number of aromatic nitrogens is 1. The Morgan fingerprint density at radius 3 is 1.33 bits per heavy atom. The van der Waals surface area contributed by atoms with E-state index < -0.39 is 10.2 Å². The molecule has 0 spiro atoms.